The Hall–Kier alpha value is -3.31. The topological polar surface area (TPSA) is 106 Å². The molecule has 5 rings (SSSR count). The molecular formula is C28H25NO6S3. The Morgan fingerprint density at radius 3 is 1.66 bits per heavy atom. The van der Waals surface area contributed by atoms with Crippen LogP contribution in [0.15, 0.2) is 133 Å². The molecule has 0 radical (unpaired) electrons. The molecule has 0 atom stereocenters. The van der Waals surface area contributed by atoms with Gasteiger partial charge in [-0.25, -0.2) is 25.3 Å². The van der Waals surface area contributed by atoms with Crippen molar-refractivity contribution in [2.24, 2.45) is 0 Å². The summed E-state index contributed by atoms with van der Waals surface area (Å²) in [7, 11) is -12.6. The van der Waals surface area contributed by atoms with E-state index >= 15 is 0 Å². The number of fused-ring (bicyclic) bond motifs is 1. The van der Waals surface area contributed by atoms with E-state index in [-0.39, 0.29) is 36.5 Å². The molecule has 38 heavy (non-hydrogen) atoms. The van der Waals surface area contributed by atoms with Crippen molar-refractivity contribution in [2.75, 3.05) is 13.1 Å². The molecule has 0 amide bonds. The summed E-state index contributed by atoms with van der Waals surface area (Å²) in [6, 6.07) is 21.6. The first-order valence-corrected chi connectivity index (χ1v) is 16.2. The summed E-state index contributed by atoms with van der Waals surface area (Å²) in [5.41, 5.74) is 1.37. The predicted molar refractivity (Wildman–Crippen MR) is 145 cm³/mol. The van der Waals surface area contributed by atoms with Crippen LogP contribution in [0, 0.1) is 6.92 Å². The smallest absolute Gasteiger partial charge is 0.219 e. The highest BCUT2D eigenvalue weighted by atomic mass is 32.2. The van der Waals surface area contributed by atoms with Crippen LogP contribution in [0.3, 0.4) is 0 Å². The van der Waals surface area contributed by atoms with Crippen LogP contribution in [-0.2, 0) is 29.7 Å². The summed E-state index contributed by atoms with van der Waals surface area (Å²) in [4.78, 5) is -0.312. The summed E-state index contributed by atoms with van der Waals surface area (Å²) in [5, 5.41) is 0. The van der Waals surface area contributed by atoms with E-state index in [4.69, 9.17) is 0 Å². The lowest BCUT2D eigenvalue weighted by atomic mass is 10.1. The van der Waals surface area contributed by atoms with Crippen molar-refractivity contribution in [2.45, 2.75) is 28.0 Å². The zero-order valence-corrected chi connectivity index (χ0v) is 22.9. The van der Waals surface area contributed by atoms with E-state index < -0.39 is 42.8 Å². The van der Waals surface area contributed by atoms with Crippen LogP contribution in [0.4, 0.5) is 0 Å². The summed E-state index contributed by atoms with van der Waals surface area (Å²) >= 11 is 0. The van der Waals surface area contributed by atoms with Gasteiger partial charge in [0, 0.05) is 0 Å². The fourth-order valence-corrected chi connectivity index (χ4v) is 9.37. The number of nitrogens with zero attached hydrogens (tertiary/aromatic N) is 1. The van der Waals surface area contributed by atoms with Gasteiger partial charge in [-0.15, -0.1) is 0 Å². The molecule has 3 aromatic carbocycles. The third-order valence-electron chi connectivity index (χ3n) is 6.62. The molecule has 2 aliphatic rings. The van der Waals surface area contributed by atoms with Crippen LogP contribution in [0.25, 0.3) is 0 Å². The zero-order valence-electron chi connectivity index (χ0n) is 20.5. The van der Waals surface area contributed by atoms with Gasteiger partial charge in [-0.05, 0) is 60.9 Å². The van der Waals surface area contributed by atoms with Crippen molar-refractivity contribution >= 4 is 29.7 Å². The number of hydrogen-bond acceptors (Lipinski definition) is 6. The van der Waals surface area contributed by atoms with Gasteiger partial charge in [0.05, 0.1) is 37.6 Å². The van der Waals surface area contributed by atoms with Crippen molar-refractivity contribution in [1.82, 2.24) is 4.31 Å². The maximum absolute atomic E-state index is 13.9. The average Bonchev–Trinajstić information content (AvgIpc) is 3.31. The van der Waals surface area contributed by atoms with E-state index in [2.05, 4.69) is 0 Å². The van der Waals surface area contributed by atoms with Crippen molar-refractivity contribution in [3.63, 3.8) is 0 Å². The lowest BCUT2D eigenvalue weighted by Crippen LogP contribution is -2.36. The summed E-state index contributed by atoms with van der Waals surface area (Å²) in [6.07, 6.45) is 3.45. The highest BCUT2D eigenvalue weighted by Gasteiger charge is 2.40. The molecule has 196 valence electrons. The Bertz CT molecular complexity index is 1810. The van der Waals surface area contributed by atoms with Crippen molar-refractivity contribution in [3.05, 3.63) is 124 Å². The first kappa shape index (κ1) is 26.3. The standard InChI is InChI=1S/C28H25NO6S3/c1-21-15-17-24(18-16-21)38(34,35)29-19-27(36(30,31)22-9-4-2-5-10-22)25-13-8-14-26(25)28(20-29)37(32,33)23-11-6-3-7-12-23/h2-13,15-18H,14,19-20H2,1H3. The molecule has 10 heteroatoms. The monoisotopic (exact) mass is 567 g/mol. The van der Waals surface area contributed by atoms with E-state index in [0.717, 1.165) is 9.87 Å². The summed E-state index contributed by atoms with van der Waals surface area (Å²) in [6.45, 7) is 0.811. The van der Waals surface area contributed by atoms with Gasteiger partial charge in [-0.2, -0.15) is 4.31 Å². The molecule has 0 N–H and O–H groups in total. The van der Waals surface area contributed by atoms with Gasteiger partial charge < -0.3 is 0 Å². The van der Waals surface area contributed by atoms with E-state index in [0.29, 0.717) is 5.57 Å². The fraction of sp³-hybridized carbons (Fsp3) is 0.143. The molecular weight excluding hydrogens is 543 g/mol. The molecule has 1 aliphatic heterocycles. The average molecular weight is 568 g/mol. The Morgan fingerprint density at radius 1 is 0.605 bits per heavy atom. The van der Waals surface area contributed by atoms with Crippen molar-refractivity contribution < 1.29 is 25.3 Å². The maximum atomic E-state index is 13.9. The second-order valence-corrected chi connectivity index (χ2v) is 14.9. The number of hydrogen-bond donors (Lipinski definition) is 0. The van der Waals surface area contributed by atoms with Crippen LogP contribution in [-0.4, -0.2) is 42.6 Å². The number of sulfone groups is 2. The van der Waals surface area contributed by atoms with Crippen LogP contribution in [0.1, 0.15) is 12.0 Å². The number of allylic oxidation sites excluding steroid dienone is 4. The Labute approximate surface area is 223 Å². The normalized spacial score (nSPS) is 17.0. The molecule has 0 aromatic heterocycles. The fourth-order valence-electron chi connectivity index (χ4n) is 4.58. The molecule has 0 fully saturated rings. The summed E-state index contributed by atoms with van der Waals surface area (Å²) in [5.74, 6) is 0. The quantitative estimate of drug-likeness (QED) is 0.437. The van der Waals surface area contributed by atoms with Crippen LogP contribution >= 0.6 is 0 Å². The number of sulfonamides is 1. The maximum Gasteiger partial charge on any atom is 0.243 e. The van der Waals surface area contributed by atoms with Crippen LogP contribution in [0.5, 0.6) is 0 Å². The summed E-state index contributed by atoms with van der Waals surface area (Å²) < 4.78 is 84.2. The molecule has 3 aromatic rings. The SMILES string of the molecule is Cc1ccc(S(=O)(=O)N2CC(S(=O)(=O)c3ccccc3)=C3C=CCC3=C(S(=O)(=O)c3ccccc3)C2)cc1. The van der Waals surface area contributed by atoms with E-state index in [1.165, 1.54) is 36.4 Å². The zero-order chi connectivity index (χ0) is 27.1. The van der Waals surface area contributed by atoms with Crippen molar-refractivity contribution in [1.29, 1.82) is 0 Å². The van der Waals surface area contributed by atoms with Gasteiger partial charge in [0.1, 0.15) is 0 Å². The van der Waals surface area contributed by atoms with Gasteiger partial charge in [-0.3, -0.25) is 0 Å². The molecule has 1 heterocycles. The van der Waals surface area contributed by atoms with Gasteiger partial charge in [0.25, 0.3) is 0 Å². The largest absolute Gasteiger partial charge is 0.243 e. The first-order chi connectivity index (χ1) is 18.0. The van der Waals surface area contributed by atoms with E-state index in [1.807, 2.05) is 6.92 Å². The van der Waals surface area contributed by atoms with Crippen LogP contribution in [0.2, 0.25) is 0 Å². The third-order valence-corrected chi connectivity index (χ3v) is 12.2. The first-order valence-electron chi connectivity index (χ1n) is 11.8. The second kappa shape index (κ2) is 9.77. The molecule has 0 saturated carbocycles. The highest BCUT2D eigenvalue weighted by molar-refractivity contribution is 7.96. The lowest BCUT2D eigenvalue weighted by molar-refractivity contribution is 0.467. The minimum absolute atomic E-state index is 0.00389. The lowest BCUT2D eigenvalue weighted by Gasteiger charge is -2.23. The van der Waals surface area contributed by atoms with Gasteiger partial charge in [-0.1, -0.05) is 66.2 Å². The predicted octanol–water partition coefficient (Wildman–Crippen LogP) is 4.42. The molecule has 0 bridgehead atoms. The van der Waals surface area contributed by atoms with Crippen molar-refractivity contribution in [3.8, 4) is 0 Å². The van der Waals surface area contributed by atoms with Gasteiger partial charge in [0.15, 0.2) is 0 Å². The Kier molecular flexibility index (Phi) is 6.77. The second-order valence-electron chi connectivity index (χ2n) is 9.06. The number of rotatable bonds is 6. The van der Waals surface area contributed by atoms with E-state index in [9.17, 15) is 25.3 Å². The van der Waals surface area contributed by atoms with E-state index in [1.54, 1.807) is 60.7 Å². The molecule has 0 saturated heterocycles. The molecule has 0 spiro atoms. The van der Waals surface area contributed by atoms with Gasteiger partial charge >= 0.3 is 0 Å². The Morgan fingerprint density at radius 2 is 1.11 bits per heavy atom. The van der Waals surface area contributed by atoms with Gasteiger partial charge in [0.2, 0.25) is 29.7 Å². The molecule has 7 nitrogen and oxygen atoms in total. The minimum Gasteiger partial charge on any atom is -0.219 e. The third kappa shape index (κ3) is 4.58. The Balaban J connectivity index is 1.77. The molecule has 1 aliphatic carbocycles. The minimum atomic E-state index is -4.27. The van der Waals surface area contributed by atoms with Crippen LogP contribution < -0.4 is 0 Å². The number of aryl methyl sites for hydroxylation is 1. The molecule has 0 unspecified atom stereocenters. The number of benzene rings is 3. The highest BCUT2D eigenvalue weighted by Crippen LogP contribution is 2.40.